The summed E-state index contributed by atoms with van der Waals surface area (Å²) in [5, 5.41) is 0. The van der Waals surface area contributed by atoms with Crippen LogP contribution in [0.4, 0.5) is 0 Å². The SMILES string of the molecule is CCCCCCN=C(C=C(C)C)c1ccccc1C(C)/C(C)=C/CC(C)=S. The first kappa shape index (κ1) is 23.5. The zero-order chi connectivity index (χ0) is 20.2. The number of hydrogen-bond donors (Lipinski definition) is 0. The van der Waals surface area contributed by atoms with E-state index >= 15 is 0 Å². The van der Waals surface area contributed by atoms with E-state index in [4.69, 9.17) is 17.2 Å². The number of allylic oxidation sites excluding steroid dienone is 4. The second kappa shape index (κ2) is 12.8. The fourth-order valence-electron chi connectivity index (χ4n) is 3.05. The Labute approximate surface area is 172 Å². The van der Waals surface area contributed by atoms with E-state index in [2.05, 4.69) is 71.0 Å². The number of hydrogen-bond acceptors (Lipinski definition) is 2. The lowest BCUT2D eigenvalue weighted by molar-refractivity contribution is 0.675. The predicted molar refractivity (Wildman–Crippen MR) is 126 cm³/mol. The molecule has 1 nitrogen and oxygen atoms in total. The van der Waals surface area contributed by atoms with Crippen LogP contribution in [-0.4, -0.2) is 17.1 Å². The van der Waals surface area contributed by atoms with Gasteiger partial charge in [0.15, 0.2) is 0 Å². The van der Waals surface area contributed by atoms with Crippen molar-refractivity contribution < 1.29 is 0 Å². The van der Waals surface area contributed by atoms with Gasteiger partial charge in [-0.1, -0.05) is 86.8 Å². The largest absolute Gasteiger partial charge is 0.285 e. The summed E-state index contributed by atoms with van der Waals surface area (Å²) in [4.78, 5) is 6.02. The van der Waals surface area contributed by atoms with Gasteiger partial charge in [-0.25, -0.2) is 0 Å². The van der Waals surface area contributed by atoms with Gasteiger partial charge in [0.1, 0.15) is 0 Å². The first-order valence-electron chi connectivity index (χ1n) is 10.3. The molecule has 0 aliphatic heterocycles. The summed E-state index contributed by atoms with van der Waals surface area (Å²) in [5.74, 6) is 0.353. The smallest absolute Gasteiger partial charge is 0.0648 e. The predicted octanol–water partition coefficient (Wildman–Crippen LogP) is 7.85. The standard InChI is InChI=1S/C25H37NS/c1-7-8-9-12-17-26-25(18-19(2)3)24-14-11-10-13-23(24)22(6)20(4)15-16-21(5)27/h10-11,13-15,18,22H,7-9,12,16-17H2,1-6H3/b20-15+,26-25?. The minimum Gasteiger partial charge on any atom is -0.285 e. The highest BCUT2D eigenvalue weighted by atomic mass is 32.1. The van der Waals surface area contributed by atoms with E-state index in [1.807, 2.05) is 6.92 Å². The number of nitrogens with zero attached hydrogens (tertiary/aromatic N) is 1. The zero-order valence-electron chi connectivity index (χ0n) is 18.1. The van der Waals surface area contributed by atoms with Crippen LogP contribution in [0, 0.1) is 0 Å². The first-order valence-corrected chi connectivity index (χ1v) is 10.7. The number of rotatable bonds is 11. The zero-order valence-corrected chi connectivity index (χ0v) is 19.0. The van der Waals surface area contributed by atoms with Crippen molar-refractivity contribution in [2.75, 3.05) is 6.54 Å². The van der Waals surface area contributed by atoms with E-state index in [1.54, 1.807) is 0 Å². The molecule has 1 unspecified atom stereocenters. The van der Waals surface area contributed by atoms with Gasteiger partial charge in [0, 0.05) is 18.0 Å². The molecule has 148 valence electrons. The molecule has 0 aliphatic carbocycles. The van der Waals surface area contributed by atoms with Gasteiger partial charge in [0.25, 0.3) is 0 Å². The highest BCUT2D eigenvalue weighted by Crippen LogP contribution is 2.28. The van der Waals surface area contributed by atoms with E-state index < -0.39 is 0 Å². The van der Waals surface area contributed by atoms with Gasteiger partial charge >= 0.3 is 0 Å². The van der Waals surface area contributed by atoms with Crippen molar-refractivity contribution in [3.8, 4) is 0 Å². The molecule has 1 atom stereocenters. The van der Waals surface area contributed by atoms with Crippen molar-refractivity contribution in [1.82, 2.24) is 0 Å². The van der Waals surface area contributed by atoms with Crippen LogP contribution in [0.2, 0.25) is 0 Å². The maximum Gasteiger partial charge on any atom is 0.0648 e. The third-order valence-corrected chi connectivity index (χ3v) is 4.98. The van der Waals surface area contributed by atoms with E-state index in [1.165, 1.54) is 48.0 Å². The number of unbranched alkanes of at least 4 members (excludes halogenated alkanes) is 3. The molecule has 2 heteroatoms. The average molecular weight is 384 g/mol. The minimum atomic E-state index is 0.353. The van der Waals surface area contributed by atoms with Gasteiger partial charge in [-0.2, -0.15) is 0 Å². The van der Waals surface area contributed by atoms with Crippen LogP contribution >= 0.6 is 12.2 Å². The van der Waals surface area contributed by atoms with Gasteiger partial charge in [0.05, 0.1) is 5.71 Å². The lowest BCUT2D eigenvalue weighted by Gasteiger charge is -2.18. The normalized spacial score (nSPS) is 13.4. The molecule has 0 bridgehead atoms. The van der Waals surface area contributed by atoms with Crippen LogP contribution in [0.5, 0.6) is 0 Å². The lowest BCUT2D eigenvalue weighted by atomic mass is 9.87. The number of aliphatic imine (C=N–C) groups is 1. The Morgan fingerprint density at radius 1 is 1.07 bits per heavy atom. The molecule has 0 radical (unpaired) electrons. The molecular weight excluding hydrogens is 346 g/mol. The fourth-order valence-corrected chi connectivity index (χ4v) is 3.14. The third kappa shape index (κ3) is 8.79. The molecule has 27 heavy (non-hydrogen) atoms. The summed E-state index contributed by atoms with van der Waals surface area (Å²) in [5.41, 5.74) is 6.37. The van der Waals surface area contributed by atoms with Gasteiger partial charge in [-0.15, -0.1) is 0 Å². The van der Waals surface area contributed by atoms with Crippen molar-refractivity contribution in [2.45, 2.75) is 79.6 Å². The van der Waals surface area contributed by atoms with Crippen molar-refractivity contribution in [3.63, 3.8) is 0 Å². The van der Waals surface area contributed by atoms with Crippen molar-refractivity contribution in [3.05, 3.63) is 58.7 Å². The molecule has 0 aliphatic rings. The summed E-state index contributed by atoms with van der Waals surface area (Å²) < 4.78 is 0. The third-order valence-electron chi connectivity index (χ3n) is 4.82. The monoisotopic (exact) mass is 383 g/mol. The van der Waals surface area contributed by atoms with Crippen LogP contribution in [0.3, 0.4) is 0 Å². The molecule has 0 heterocycles. The van der Waals surface area contributed by atoms with Crippen molar-refractivity contribution >= 4 is 22.8 Å². The van der Waals surface area contributed by atoms with Crippen molar-refractivity contribution in [2.24, 2.45) is 4.99 Å². The topological polar surface area (TPSA) is 12.4 Å². The lowest BCUT2D eigenvalue weighted by Crippen LogP contribution is -2.08. The highest BCUT2D eigenvalue weighted by molar-refractivity contribution is 7.80. The Hall–Kier alpha value is -1.54. The second-order valence-corrected chi connectivity index (χ2v) is 8.41. The molecule has 1 rings (SSSR count). The first-order chi connectivity index (χ1) is 12.9. The van der Waals surface area contributed by atoms with Crippen LogP contribution in [0.1, 0.15) is 90.7 Å². The molecule has 0 amide bonds. The van der Waals surface area contributed by atoms with E-state index in [0.717, 1.165) is 23.5 Å². The van der Waals surface area contributed by atoms with Gasteiger partial charge in [-0.05, 0) is 57.0 Å². The van der Waals surface area contributed by atoms with Crippen LogP contribution in [-0.2, 0) is 0 Å². The molecular formula is C25H37NS. The summed E-state index contributed by atoms with van der Waals surface area (Å²) in [6.07, 6.45) is 10.4. The Bertz CT molecular complexity index is 690. The molecule has 0 fully saturated rings. The summed E-state index contributed by atoms with van der Waals surface area (Å²) in [7, 11) is 0. The molecule has 0 saturated heterocycles. The minimum absolute atomic E-state index is 0.353. The van der Waals surface area contributed by atoms with Crippen LogP contribution in [0.25, 0.3) is 0 Å². The van der Waals surface area contributed by atoms with Crippen molar-refractivity contribution in [1.29, 1.82) is 0 Å². The summed E-state index contributed by atoms with van der Waals surface area (Å²) in [6, 6.07) is 8.71. The van der Waals surface area contributed by atoms with Gasteiger partial charge in [0.2, 0.25) is 0 Å². The second-order valence-electron chi connectivity index (χ2n) is 7.71. The molecule has 1 aromatic rings. The molecule has 0 saturated carbocycles. The fraction of sp³-hybridized carbons (Fsp3) is 0.520. The summed E-state index contributed by atoms with van der Waals surface area (Å²) in [6.45, 7) is 13.9. The van der Waals surface area contributed by atoms with Crippen LogP contribution in [0.15, 0.2) is 52.6 Å². The Morgan fingerprint density at radius 2 is 1.78 bits per heavy atom. The van der Waals surface area contributed by atoms with E-state index in [9.17, 15) is 0 Å². The molecule has 0 N–H and O–H groups in total. The summed E-state index contributed by atoms with van der Waals surface area (Å²) >= 11 is 5.24. The number of thiocarbonyl (C=S) groups is 1. The highest BCUT2D eigenvalue weighted by Gasteiger charge is 2.14. The quantitative estimate of drug-likeness (QED) is 0.164. The average Bonchev–Trinajstić information content (AvgIpc) is 2.64. The van der Waals surface area contributed by atoms with Gasteiger partial charge < -0.3 is 0 Å². The van der Waals surface area contributed by atoms with E-state index in [-0.39, 0.29) is 0 Å². The van der Waals surface area contributed by atoms with Crippen LogP contribution < -0.4 is 0 Å². The Morgan fingerprint density at radius 3 is 2.41 bits per heavy atom. The molecule has 0 spiro atoms. The van der Waals surface area contributed by atoms with E-state index in [0.29, 0.717) is 5.92 Å². The molecule has 1 aromatic carbocycles. The van der Waals surface area contributed by atoms with Gasteiger partial charge in [-0.3, -0.25) is 4.99 Å². The Balaban J connectivity index is 3.17. The maximum absolute atomic E-state index is 5.24. The maximum atomic E-state index is 5.24. The Kier molecular flexibility index (Phi) is 11.1. The molecule has 0 aromatic heterocycles. The number of benzene rings is 1.